The summed E-state index contributed by atoms with van der Waals surface area (Å²) in [5, 5.41) is 8.86. The van der Waals surface area contributed by atoms with Crippen LogP contribution in [-0.2, 0) is 24.1 Å². The zero-order valence-electron chi connectivity index (χ0n) is 12.4. The quantitative estimate of drug-likeness (QED) is 0.680. The average molecular weight is 266 g/mol. The van der Waals surface area contributed by atoms with E-state index in [1.54, 1.807) is 0 Å². The van der Waals surface area contributed by atoms with Gasteiger partial charge >= 0.3 is 5.97 Å². The maximum absolute atomic E-state index is 10.8. The third-order valence-electron chi connectivity index (χ3n) is 3.49. The predicted molar refractivity (Wildman–Crippen MR) is 76.4 cm³/mol. The molecule has 0 amide bonds. The van der Waals surface area contributed by atoms with E-state index in [4.69, 9.17) is 9.52 Å². The first kappa shape index (κ1) is 15.8. The summed E-state index contributed by atoms with van der Waals surface area (Å²) in [5.74, 6) is 1.34. The Hall–Kier alpha value is -1.25. The van der Waals surface area contributed by atoms with Crippen LogP contribution in [0.2, 0.25) is 0 Å². The average Bonchev–Trinajstić information content (AvgIpc) is 2.70. The Kier molecular flexibility index (Phi) is 6.68. The zero-order valence-corrected chi connectivity index (χ0v) is 12.4. The molecule has 1 heterocycles. The van der Waals surface area contributed by atoms with Crippen molar-refractivity contribution < 1.29 is 14.3 Å². The van der Waals surface area contributed by atoms with Gasteiger partial charge in [0.05, 0.1) is 0 Å². The highest BCUT2D eigenvalue weighted by Gasteiger charge is 2.14. The number of carbonyl (C=O) groups is 1. The molecular formula is C16H26O3. The minimum Gasteiger partial charge on any atom is -0.481 e. The Labute approximate surface area is 116 Å². The van der Waals surface area contributed by atoms with E-state index in [1.165, 1.54) is 25.7 Å². The van der Waals surface area contributed by atoms with Crippen molar-refractivity contribution in [3.05, 3.63) is 23.2 Å². The van der Waals surface area contributed by atoms with Gasteiger partial charge in [-0.1, -0.05) is 46.5 Å². The molecule has 0 bridgehead atoms. The van der Waals surface area contributed by atoms with E-state index < -0.39 is 5.97 Å². The van der Waals surface area contributed by atoms with Crippen molar-refractivity contribution in [1.82, 2.24) is 0 Å². The summed E-state index contributed by atoms with van der Waals surface area (Å²) in [6, 6.07) is 2.04. The van der Waals surface area contributed by atoms with Gasteiger partial charge in [0.25, 0.3) is 0 Å². The van der Waals surface area contributed by atoms with Crippen molar-refractivity contribution in [2.75, 3.05) is 0 Å². The van der Waals surface area contributed by atoms with Crippen LogP contribution in [0.3, 0.4) is 0 Å². The minimum absolute atomic E-state index is 0.00656. The van der Waals surface area contributed by atoms with Crippen LogP contribution in [0.15, 0.2) is 10.5 Å². The number of carboxylic acids is 1. The van der Waals surface area contributed by atoms with E-state index in [1.807, 2.05) is 13.0 Å². The highest BCUT2D eigenvalue weighted by Crippen LogP contribution is 2.22. The van der Waals surface area contributed by atoms with Gasteiger partial charge in [0, 0.05) is 6.42 Å². The molecule has 0 spiro atoms. The molecule has 0 radical (unpaired) electrons. The standard InChI is InChI=1S/C16H26O3/c1-4-6-7-8-12(3)9-14-10-13(5-2)15(19-14)11-16(17)18/h10,12H,4-9,11H2,1-3H3,(H,17,18)/t12-/m0/s1. The van der Waals surface area contributed by atoms with Gasteiger partial charge in [-0.15, -0.1) is 0 Å². The van der Waals surface area contributed by atoms with Gasteiger partial charge in [-0.25, -0.2) is 0 Å². The lowest BCUT2D eigenvalue weighted by atomic mass is 9.98. The first-order valence-corrected chi connectivity index (χ1v) is 7.39. The van der Waals surface area contributed by atoms with Crippen LogP contribution in [0, 0.1) is 5.92 Å². The van der Waals surface area contributed by atoms with Gasteiger partial charge in [0.15, 0.2) is 0 Å². The monoisotopic (exact) mass is 266 g/mol. The molecule has 0 saturated heterocycles. The number of hydrogen-bond donors (Lipinski definition) is 1. The second-order valence-corrected chi connectivity index (χ2v) is 5.39. The van der Waals surface area contributed by atoms with Gasteiger partial charge in [-0.05, 0) is 24.0 Å². The fourth-order valence-electron chi connectivity index (χ4n) is 2.40. The first-order valence-electron chi connectivity index (χ1n) is 7.39. The summed E-state index contributed by atoms with van der Waals surface area (Å²) >= 11 is 0. The summed E-state index contributed by atoms with van der Waals surface area (Å²) in [7, 11) is 0. The molecule has 1 aromatic rings. The number of furan rings is 1. The molecule has 108 valence electrons. The Balaban J connectivity index is 2.58. The highest BCUT2D eigenvalue weighted by molar-refractivity contribution is 5.69. The van der Waals surface area contributed by atoms with Crippen molar-refractivity contribution in [3.8, 4) is 0 Å². The number of aryl methyl sites for hydroxylation is 1. The van der Waals surface area contributed by atoms with E-state index >= 15 is 0 Å². The molecule has 0 aliphatic heterocycles. The third kappa shape index (κ3) is 5.50. The summed E-state index contributed by atoms with van der Waals surface area (Å²) in [6.45, 7) is 6.48. The maximum atomic E-state index is 10.8. The zero-order chi connectivity index (χ0) is 14.3. The number of unbranched alkanes of at least 4 members (excludes halogenated alkanes) is 2. The molecule has 19 heavy (non-hydrogen) atoms. The first-order chi connectivity index (χ1) is 9.06. The summed E-state index contributed by atoms with van der Waals surface area (Å²) < 4.78 is 5.71. The van der Waals surface area contributed by atoms with Gasteiger partial charge in [-0.3, -0.25) is 4.79 Å². The second kappa shape index (κ2) is 8.03. The molecule has 1 N–H and O–H groups in total. The Morgan fingerprint density at radius 2 is 2.11 bits per heavy atom. The maximum Gasteiger partial charge on any atom is 0.311 e. The van der Waals surface area contributed by atoms with Crippen LogP contribution in [0.5, 0.6) is 0 Å². The molecule has 0 aromatic carbocycles. The number of rotatable bonds is 9. The molecule has 1 rings (SSSR count). The molecule has 3 heteroatoms. The smallest absolute Gasteiger partial charge is 0.311 e. The Morgan fingerprint density at radius 1 is 1.37 bits per heavy atom. The van der Waals surface area contributed by atoms with Crippen molar-refractivity contribution in [1.29, 1.82) is 0 Å². The molecule has 1 aromatic heterocycles. The summed E-state index contributed by atoms with van der Waals surface area (Å²) in [4.78, 5) is 10.8. The number of hydrogen-bond acceptors (Lipinski definition) is 2. The van der Waals surface area contributed by atoms with Crippen LogP contribution in [0.25, 0.3) is 0 Å². The molecule has 0 aliphatic carbocycles. The molecule has 0 fully saturated rings. The molecule has 3 nitrogen and oxygen atoms in total. The molecule has 0 saturated carbocycles. The Morgan fingerprint density at radius 3 is 2.68 bits per heavy atom. The van der Waals surface area contributed by atoms with Gasteiger partial charge < -0.3 is 9.52 Å². The van der Waals surface area contributed by atoms with E-state index in [-0.39, 0.29) is 6.42 Å². The van der Waals surface area contributed by atoms with Gasteiger partial charge in [0.2, 0.25) is 0 Å². The lowest BCUT2D eigenvalue weighted by Gasteiger charge is -2.08. The van der Waals surface area contributed by atoms with Crippen LogP contribution < -0.4 is 0 Å². The summed E-state index contributed by atoms with van der Waals surface area (Å²) in [5.41, 5.74) is 1.04. The van der Waals surface area contributed by atoms with Crippen molar-refractivity contribution in [2.45, 2.75) is 65.7 Å². The van der Waals surface area contributed by atoms with Crippen molar-refractivity contribution in [3.63, 3.8) is 0 Å². The van der Waals surface area contributed by atoms with E-state index in [0.717, 1.165) is 24.2 Å². The number of aliphatic carboxylic acids is 1. The van der Waals surface area contributed by atoms with Crippen LogP contribution >= 0.6 is 0 Å². The lowest BCUT2D eigenvalue weighted by molar-refractivity contribution is -0.136. The SMILES string of the molecule is CCCCC[C@H](C)Cc1cc(CC)c(CC(=O)O)o1. The minimum atomic E-state index is -0.827. The normalized spacial score (nSPS) is 12.6. The number of carboxylic acid groups (broad SMARTS) is 1. The van der Waals surface area contributed by atoms with Gasteiger partial charge in [-0.2, -0.15) is 0 Å². The van der Waals surface area contributed by atoms with E-state index in [9.17, 15) is 4.79 Å². The fourth-order valence-corrected chi connectivity index (χ4v) is 2.40. The molecule has 0 unspecified atom stereocenters. The van der Waals surface area contributed by atoms with Crippen LogP contribution in [0.1, 0.15) is 63.5 Å². The molecular weight excluding hydrogens is 240 g/mol. The lowest BCUT2D eigenvalue weighted by Crippen LogP contribution is -2.01. The predicted octanol–water partition coefficient (Wildman–Crippen LogP) is 4.23. The van der Waals surface area contributed by atoms with E-state index in [2.05, 4.69) is 13.8 Å². The highest BCUT2D eigenvalue weighted by atomic mass is 16.4. The fraction of sp³-hybridized carbons (Fsp3) is 0.688. The van der Waals surface area contributed by atoms with Crippen molar-refractivity contribution >= 4 is 5.97 Å². The molecule has 0 aliphatic rings. The van der Waals surface area contributed by atoms with Crippen LogP contribution in [-0.4, -0.2) is 11.1 Å². The largest absolute Gasteiger partial charge is 0.481 e. The Bertz CT molecular complexity index is 393. The van der Waals surface area contributed by atoms with E-state index in [0.29, 0.717) is 11.7 Å². The summed E-state index contributed by atoms with van der Waals surface area (Å²) in [6.07, 6.45) is 6.74. The van der Waals surface area contributed by atoms with Crippen LogP contribution in [0.4, 0.5) is 0 Å². The topological polar surface area (TPSA) is 50.4 Å². The van der Waals surface area contributed by atoms with Crippen molar-refractivity contribution in [2.24, 2.45) is 5.92 Å². The van der Waals surface area contributed by atoms with Gasteiger partial charge in [0.1, 0.15) is 17.9 Å². The third-order valence-corrected chi connectivity index (χ3v) is 3.49. The second-order valence-electron chi connectivity index (χ2n) is 5.39. The molecule has 1 atom stereocenters.